The topological polar surface area (TPSA) is 43.6 Å². The molecule has 0 saturated heterocycles. The van der Waals surface area contributed by atoms with Crippen LogP contribution in [0.25, 0.3) is 72.8 Å². The minimum Gasteiger partial charge on any atom is -0.309 e. The minimum atomic E-state index is -2.84. The molecule has 0 radical (unpaired) electrons. The molecule has 0 bridgehead atoms. The number of hydrogen-bond acceptors (Lipinski definition) is 3. The molecule has 0 aliphatic heterocycles. The third-order valence-electron chi connectivity index (χ3n) is 12.5. The SMILES string of the molecule is Cc1ccc2c3ccc(C)cc3n(-c3ccc(-c4cccc([Si](c5ccccc5)(c5ccccc5)c5ccccc5)c4)c(-c4nc(-c5ccccc5)nc(-c5ccccc5)n4)c3)c2c1. The van der Waals surface area contributed by atoms with Gasteiger partial charge < -0.3 is 4.57 Å². The van der Waals surface area contributed by atoms with E-state index >= 15 is 0 Å². The number of benzene rings is 9. The van der Waals surface area contributed by atoms with E-state index in [0.717, 1.165) is 44.5 Å². The van der Waals surface area contributed by atoms with Gasteiger partial charge in [0.25, 0.3) is 0 Å². The predicted octanol–water partition coefficient (Wildman–Crippen LogP) is 11.6. The van der Waals surface area contributed by atoms with E-state index in [2.05, 4.69) is 213 Å². The van der Waals surface area contributed by atoms with Crippen LogP contribution in [-0.2, 0) is 0 Å². The van der Waals surface area contributed by atoms with Crippen LogP contribution in [-0.4, -0.2) is 27.6 Å². The fraction of sp³-hybridized carbons (Fsp3) is 0.0339. The molecule has 0 unspecified atom stereocenters. The maximum Gasteiger partial charge on any atom is 0.179 e. The number of aryl methyl sites for hydroxylation is 2. The first-order chi connectivity index (χ1) is 31.5. The maximum atomic E-state index is 5.35. The van der Waals surface area contributed by atoms with E-state index in [1.54, 1.807) is 0 Å². The molecule has 0 N–H and O–H groups in total. The lowest BCUT2D eigenvalue weighted by Gasteiger charge is -2.34. The number of nitrogens with zero attached hydrogens (tertiary/aromatic N) is 4. The van der Waals surface area contributed by atoms with Crippen LogP contribution < -0.4 is 20.7 Å². The first-order valence-corrected chi connectivity index (χ1v) is 23.9. The van der Waals surface area contributed by atoms with E-state index < -0.39 is 8.07 Å². The van der Waals surface area contributed by atoms with Gasteiger partial charge in [-0.2, -0.15) is 0 Å². The molecule has 0 saturated carbocycles. The Morgan fingerprint density at radius 3 is 1.23 bits per heavy atom. The van der Waals surface area contributed by atoms with Crippen LogP contribution in [0, 0.1) is 13.8 Å². The Morgan fingerprint density at radius 2 is 0.750 bits per heavy atom. The third kappa shape index (κ3) is 6.83. The van der Waals surface area contributed by atoms with Crippen LogP contribution >= 0.6 is 0 Å². The number of aromatic nitrogens is 4. The molecular formula is C59H44N4Si. The van der Waals surface area contributed by atoms with Gasteiger partial charge in [-0.25, -0.2) is 15.0 Å². The Morgan fingerprint density at radius 1 is 0.328 bits per heavy atom. The van der Waals surface area contributed by atoms with Crippen molar-refractivity contribution in [1.82, 2.24) is 19.5 Å². The van der Waals surface area contributed by atoms with E-state index in [1.807, 2.05) is 36.4 Å². The number of rotatable bonds is 9. The van der Waals surface area contributed by atoms with Crippen LogP contribution in [0.15, 0.2) is 231 Å². The summed E-state index contributed by atoms with van der Waals surface area (Å²) in [6.07, 6.45) is 0. The van der Waals surface area contributed by atoms with Gasteiger partial charge in [0, 0.05) is 33.2 Å². The van der Waals surface area contributed by atoms with Gasteiger partial charge in [-0.3, -0.25) is 0 Å². The van der Waals surface area contributed by atoms with E-state index in [9.17, 15) is 0 Å². The molecule has 64 heavy (non-hydrogen) atoms. The van der Waals surface area contributed by atoms with Crippen molar-refractivity contribution in [2.45, 2.75) is 13.8 Å². The molecule has 0 aliphatic carbocycles. The van der Waals surface area contributed by atoms with Crippen LogP contribution in [0.4, 0.5) is 0 Å². The lowest BCUT2D eigenvalue weighted by molar-refractivity contribution is 1.07. The first kappa shape index (κ1) is 38.9. The average Bonchev–Trinajstić information content (AvgIpc) is 3.67. The standard InChI is InChI=1S/C59H44N4Si/c1-41-31-34-52-53-35-32-42(2)38-56(53)63(55(52)37-41)46-33-36-51(54(40-46)59-61-57(43-19-8-3-9-20-43)60-58(62-59)44-21-10-4-11-22-44)45-23-18-30-50(39-45)64(47-24-12-5-13-25-47,48-26-14-6-15-27-48)49-28-16-7-17-29-49/h3-40H,1-2H3. The lowest BCUT2D eigenvalue weighted by Crippen LogP contribution is -2.74. The van der Waals surface area contributed by atoms with Gasteiger partial charge >= 0.3 is 0 Å². The highest BCUT2D eigenvalue weighted by Gasteiger charge is 2.41. The highest BCUT2D eigenvalue weighted by molar-refractivity contribution is 7.19. The van der Waals surface area contributed by atoms with Crippen molar-refractivity contribution >= 4 is 50.6 Å². The zero-order valence-corrected chi connectivity index (χ0v) is 36.7. The fourth-order valence-corrected chi connectivity index (χ4v) is 14.3. The van der Waals surface area contributed by atoms with Gasteiger partial charge in [-0.15, -0.1) is 0 Å². The third-order valence-corrected chi connectivity index (χ3v) is 17.3. The smallest absolute Gasteiger partial charge is 0.179 e. The average molecular weight is 837 g/mol. The van der Waals surface area contributed by atoms with Crippen LogP contribution in [0.1, 0.15) is 11.1 Å². The molecule has 9 aromatic carbocycles. The van der Waals surface area contributed by atoms with Crippen molar-refractivity contribution in [2.24, 2.45) is 0 Å². The monoisotopic (exact) mass is 836 g/mol. The summed E-state index contributed by atoms with van der Waals surface area (Å²) >= 11 is 0. The van der Waals surface area contributed by atoms with Crippen LogP contribution in [0.5, 0.6) is 0 Å². The summed E-state index contributed by atoms with van der Waals surface area (Å²) in [6, 6.07) is 83.4. The summed E-state index contributed by atoms with van der Waals surface area (Å²) in [6.45, 7) is 4.33. The maximum absolute atomic E-state index is 5.35. The number of hydrogen-bond donors (Lipinski definition) is 0. The normalized spacial score (nSPS) is 11.6. The number of fused-ring (bicyclic) bond motifs is 3. The van der Waals surface area contributed by atoms with Gasteiger partial charge in [0.1, 0.15) is 0 Å². The van der Waals surface area contributed by atoms with Gasteiger partial charge in [-0.05, 0) is 81.1 Å². The molecular weight excluding hydrogens is 793 g/mol. The van der Waals surface area contributed by atoms with Gasteiger partial charge in [0.2, 0.25) is 0 Å². The second-order valence-electron chi connectivity index (χ2n) is 16.6. The zero-order chi connectivity index (χ0) is 43.0. The van der Waals surface area contributed by atoms with Gasteiger partial charge in [-0.1, -0.05) is 206 Å². The quantitative estimate of drug-likeness (QED) is 0.107. The minimum absolute atomic E-state index is 0.612. The molecule has 0 amide bonds. The van der Waals surface area contributed by atoms with Gasteiger partial charge in [0.05, 0.1) is 11.0 Å². The largest absolute Gasteiger partial charge is 0.309 e. The second-order valence-corrected chi connectivity index (χ2v) is 20.4. The molecule has 0 spiro atoms. The molecule has 0 aliphatic rings. The van der Waals surface area contributed by atoms with Crippen molar-refractivity contribution < 1.29 is 0 Å². The first-order valence-electron chi connectivity index (χ1n) is 21.9. The Hall–Kier alpha value is -7.99. The van der Waals surface area contributed by atoms with Crippen LogP contribution in [0.2, 0.25) is 0 Å². The van der Waals surface area contributed by atoms with Gasteiger partial charge in [0.15, 0.2) is 25.5 Å². The van der Waals surface area contributed by atoms with Crippen molar-refractivity contribution in [3.05, 3.63) is 242 Å². The summed E-state index contributed by atoms with van der Waals surface area (Å²) < 4.78 is 2.41. The Labute approximate surface area is 374 Å². The summed E-state index contributed by atoms with van der Waals surface area (Å²) in [5, 5.41) is 7.72. The van der Waals surface area contributed by atoms with E-state index in [4.69, 9.17) is 15.0 Å². The van der Waals surface area contributed by atoms with Crippen molar-refractivity contribution in [2.75, 3.05) is 0 Å². The summed E-state index contributed by atoms with van der Waals surface area (Å²) in [4.78, 5) is 15.8. The zero-order valence-electron chi connectivity index (χ0n) is 35.7. The highest BCUT2D eigenvalue weighted by Crippen LogP contribution is 2.38. The molecule has 0 atom stereocenters. The molecule has 5 heteroatoms. The predicted molar refractivity (Wildman–Crippen MR) is 269 cm³/mol. The van der Waals surface area contributed by atoms with Crippen LogP contribution in [0.3, 0.4) is 0 Å². The second kappa shape index (κ2) is 16.4. The van der Waals surface area contributed by atoms with E-state index in [1.165, 1.54) is 42.6 Å². The Kier molecular flexibility index (Phi) is 9.95. The fourth-order valence-electron chi connectivity index (χ4n) is 9.54. The Bertz CT molecular complexity index is 3230. The highest BCUT2D eigenvalue weighted by atomic mass is 28.3. The van der Waals surface area contributed by atoms with Crippen molar-refractivity contribution in [3.63, 3.8) is 0 Å². The summed E-state index contributed by atoms with van der Waals surface area (Å²) in [5.41, 5.74) is 10.7. The van der Waals surface area contributed by atoms with E-state index in [-0.39, 0.29) is 0 Å². The molecule has 304 valence electrons. The molecule has 0 fully saturated rings. The van der Waals surface area contributed by atoms with Crippen molar-refractivity contribution in [3.8, 4) is 51.0 Å². The molecule has 2 heterocycles. The van der Waals surface area contributed by atoms with E-state index in [0.29, 0.717) is 17.5 Å². The summed E-state index contributed by atoms with van der Waals surface area (Å²) in [5.74, 6) is 1.86. The molecule has 11 rings (SSSR count). The molecule has 11 aromatic rings. The van der Waals surface area contributed by atoms with Crippen molar-refractivity contribution in [1.29, 1.82) is 0 Å². The lowest BCUT2D eigenvalue weighted by atomic mass is 9.98. The Balaban J connectivity index is 1.21. The molecule has 4 nitrogen and oxygen atoms in total. The summed E-state index contributed by atoms with van der Waals surface area (Å²) in [7, 11) is -2.84. The molecule has 2 aromatic heterocycles.